The second-order valence-electron chi connectivity index (χ2n) is 7.75. The SMILES string of the molecule is O=C(OCC(CO)(CO)CO)C12CC3CC(CC(C3)C1)C2. The summed E-state index contributed by atoms with van der Waals surface area (Å²) < 4.78 is 5.45. The summed E-state index contributed by atoms with van der Waals surface area (Å²) >= 11 is 0. The maximum Gasteiger partial charge on any atom is 0.312 e. The van der Waals surface area contributed by atoms with Crippen LogP contribution in [0.5, 0.6) is 0 Å². The molecule has 0 aromatic rings. The van der Waals surface area contributed by atoms with Gasteiger partial charge in [-0.15, -0.1) is 0 Å². The fourth-order valence-electron chi connectivity index (χ4n) is 5.02. The molecule has 21 heavy (non-hydrogen) atoms. The molecule has 4 saturated carbocycles. The monoisotopic (exact) mass is 298 g/mol. The molecule has 4 fully saturated rings. The molecule has 0 aromatic heterocycles. The van der Waals surface area contributed by atoms with Crippen molar-refractivity contribution in [1.82, 2.24) is 0 Å². The van der Waals surface area contributed by atoms with Gasteiger partial charge in [0.25, 0.3) is 0 Å². The van der Waals surface area contributed by atoms with Crippen LogP contribution in [0.2, 0.25) is 0 Å². The third-order valence-electron chi connectivity index (χ3n) is 5.99. The Bertz CT molecular complexity index is 358. The molecule has 0 spiro atoms. The number of carbonyl (C=O) groups is 1. The van der Waals surface area contributed by atoms with E-state index in [1.807, 2.05) is 0 Å². The number of ether oxygens (including phenoxy) is 1. The van der Waals surface area contributed by atoms with Gasteiger partial charge in [-0.25, -0.2) is 0 Å². The summed E-state index contributed by atoms with van der Waals surface area (Å²) in [5.41, 5.74) is -1.46. The van der Waals surface area contributed by atoms with Crippen LogP contribution < -0.4 is 0 Å². The van der Waals surface area contributed by atoms with Gasteiger partial charge in [-0.2, -0.15) is 0 Å². The molecule has 0 radical (unpaired) electrons. The summed E-state index contributed by atoms with van der Waals surface area (Å²) in [6.07, 6.45) is 6.59. The first-order chi connectivity index (χ1) is 10.0. The topological polar surface area (TPSA) is 87.0 Å². The van der Waals surface area contributed by atoms with Crippen LogP contribution in [-0.4, -0.2) is 47.7 Å². The van der Waals surface area contributed by atoms with Gasteiger partial charge < -0.3 is 20.1 Å². The zero-order valence-corrected chi connectivity index (χ0v) is 12.5. The lowest BCUT2D eigenvalue weighted by atomic mass is 9.49. The summed E-state index contributed by atoms with van der Waals surface area (Å²) in [6, 6.07) is 0. The van der Waals surface area contributed by atoms with Crippen LogP contribution in [0, 0.1) is 28.6 Å². The van der Waals surface area contributed by atoms with Gasteiger partial charge in [0, 0.05) is 0 Å². The molecule has 0 atom stereocenters. The number of hydrogen-bond acceptors (Lipinski definition) is 5. The predicted molar refractivity (Wildman–Crippen MR) is 75.3 cm³/mol. The Labute approximate surface area is 125 Å². The molecule has 0 amide bonds. The number of aliphatic hydroxyl groups is 3. The second kappa shape index (κ2) is 5.52. The first-order valence-corrected chi connectivity index (χ1v) is 8.04. The van der Waals surface area contributed by atoms with Crippen molar-refractivity contribution in [2.24, 2.45) is 28.6 Å². The largest absolute Gasteiger partial charge is 0.464 e. The van der Waals surface area contributed by atoms with Gasteiger partial charge in [0.1, 0.15) is 6.61 Å². The van der Waals surface area contributed by atoms with Gasteiger partial charge in [0.15, 0.2) is 0 Å². The highest BCUT2D eigenvalue weighted by atomic mass is 16.5. The van der Waals surface area contributed by atoms with Crippen molar-refractivity contribution in [3.63, 3.8) is 0 Å². The summed E-state index contributed by atoms with van der Waals surface area (Å²) in [5, 5.41) is 27.9. The van der Waals surface area contributed by atoms with E-state index in [0.717, 1.165) is 19.3 Å². The minimum Gasteiger partial charge on any atom is -0.464 e. The van der Waals surface area contributed by atoms with Crippen molar-refractivity contribution in [1.29, 1.82) is 0 Å². The lowest BCUT2D eigenvalue weighted by Crippen LogP contribution is -2.51. The van der Waals surface area contributed by atoms with Gasteiger partial charge in [-0.1, -0.05) is 0 Å². The van der Waals surface area contributed by atoms with E-state index in [2.05, 4.69) is 0 Å². The predicted octanol–water partition coefficient (Wildman–Crippen LogP) is 0.709. The fourth-order valence-corrected chi connectivity index (χ4v) is 5.02. The highest BCUT2D eigenvalue weighted by Crippen LogP contribution is 2.60. The Kier molecular flexibility index (Phi) is 4.01. The molecule has 4 bridgehead atoms. The lowest BCUT2D eigenvalue weighted by molar-refractivity contribution is -0.178. The van der Waals surface area contributed by atoms with Crippen LogP contribution in [0.3, 0.4) is 0 Å². The Morgan fingerprint density at radius 3 is 1.76 bits per heavy atom. The third kappa shape index (κ3) is 2.60. The molecule has 4 aliphatic carbocycles. The fraction of sp³-hybridized carbons (Fsp3) is 0.938. The highest BCUT2D eigenvalue weighted by Gasteiger charge is 2.55. The van der Waals surface area contributed by atoms with Gasteiger partial charge in [-0.3, -0.25) is 4.79 Å². The average Bonchev–Trinajstić information content (AvgIpc) is 2.47. The Hall–Kier alpha value is -0.650. The van der Waals surface area contributed by atoms with Crippen LogP contribution in [-0.2, 0) is 9.53 Å². The lowest BCUT2D eigenvalue weighted by Gasteiger charge is -2.55. The smallest absolute Gasteiger partial charge is 0.312 e. The number of aliphatic hydroxyl groups excluding tert-OH is 3. The van der Waals surface area contributed by atoms with E-state index in [0.29, 0.717) is 17.8 Å². The van der Waals surface area contributed by atoms with Crippen molar-refractivity contribution in [3.8, 4) is 0 Å². The van der Waals surface area contributed by atoms with E-state index >= 15 is 0 Å². The van der Waals surface area contributed by atoms with E-state index < -0.39 is 25.2 Å². The summed E-state index contributed by atoms with van der Waals surface area (Å²) in [5.74, 6) is 1.83. The van der Waals surface area contributed by atoms with Crippen LogP contribution in [0.25, 0.3) is 0 Å². The van der Waals surface area contributed by atoms with Gasteiger partial charge in [0.05, 0.1) is 30.7 Å². The van der Waals surface area contributed by atoms with E-state index in [9.17, 15) is 20.1 Å². The van der Waals surface area contributed by atoms with Crippen molar-refractivity contribution < 1.29 is 24.9 Å². The van der Waals surface area contributed by atoms with Gasteiger partial charge in [0.2, 0.25) is 0 Å². The molecular formula is C16H26O5. The quantitative estimate of drug-likeness (QED) is 0.629. The molecule has 120 valence electrons. The van der Waals surface area contributed by atoms with Crippen LogP contribution in [0.1, 0.15) is 38.5 Å². The van der Waals surface area contributed by atoms with Gasteiger partial charge >= 0.3 is 5.97 Å². The number of carbonyl (C=O) groups excluding carboxylic acids is 1. The van der Waals surface area contributed by atoms with Crippen molar-refractivity contribution in [2.45, 2.75) is 38.5 Å². The zero-order chi connectivity index (χ0) is 15.1. The maximum absolute atomic E-state index is 12.6. The van der Waals surface area contributed by atoms with Gasteiger partial charge in [-0.05, 0) is 56.3 Å². The Morgan fingerprint density at radius 1 is 0.952 bits per heavy atom. The highest BCUT2D eigenvalue weighted by molar-refractivity contribution is 5.77. The van der Waals surface area contributed by atoms with Crippen molar-refractivity contribution in [2.75, 3.05) is 26.4 Å². The first kappa shape index (κ1) is 15.3. The standard InChI is InChI=1S/C16H26O5/c17-7-15(8-18,9-19)10-21-14(20)16-4-11-1-12(5-16)3-13(2-11)6-16/h11-13,17-19H,1-10H2. The molecule has 4 rings (SSSR count). The zero-order valence-electron chi connectivity index (χ0n) is 12.5. The van der Waals surface area contributed by atoms with Crippen molar-refractivity contribution >= 4 is 5.97 Å². The average molecular weight is 298 g/mol. The molecule has 0 aromatic carbocycles. The minimum atomic E-state index is -1.13. The minimum absolute atomic E-state index is 0.114. The summed E-state index contributed by atoms with van der Waals surface area (Å²) in [6.45, 7) is -1.30. The second-order valence-corrected chi connectivity index (χ2v) is 7.75. The molecule has 0 heterocycles. The van der Waals surface area contributed by atoms with Crippen molar-refractivity contribution in [3.05, 3.63) is 0 Å². The molecule has 4 aliphatic rings. The van der Waals surface area contributed by atoms with Crippen LogP contribution >= 0.6 is 0 Å². The number of hydrogen-bond donors (Lipinski definition) is 3. The molecule has 3 N–H and O–H groups in total. The summed E-state index contributed by atoms with van der Waals surface area (Å²) in [4.78, 5) is 12.6. The van der Waals surface area contributed by atoms with E-state index in [-0.39, 0.29) is 18.0 Å². The number of esters is 1. The molecule has 0 unspecified atom stereocenters. The number of rotatable bonds is 6. The van der Waals surface area contributed by atoms with E-state index in [4.69, 9.17) is 4.74 Å². The Balaban J connectivity index is 1.66. The Morgan fingerprint density at radius 2 is 1.38 bits per heavy atom. The molecule has 0 aliphatic heterocycles. The molecule has 0 saturated heterocycles. The first-order valence-electron chi connectivity index (χ1n) is 8.04. The normalized spacial score (nSPS) is 37.8. The molecule has 5 heteroatoms. The molecular weight excluding hydrogens is 272 g/mol. The maximum atomic E-state index is 12.6. The summed E-state index contributed by atoms with van der Waals surface area (Å²) in [7, 11) is 0. The third-order valence-corrected chi connectivity index (χ3v) is 5.99. The van der Waals surface area contributed by atoms with Crippen LogP contribution in [0.4, 0.5) is 0 Å². The molecule has 5 nitrogen and oxygen atoms in total. The van der Waals surface area contributed by atoms with E-state index in [1.54, 1.807) is 0 Å². The van der Waals surface area contributed by atoms with Crippen LogP contribution in [0.15, 0.2) is 0 Å². The van der Waals surface area contributed by atoms with E-state index in [1.165, 1.54) is 19.3 Å².